The molecule has 1 amide bonds. The molecule has 1 fully saturated rings. The van der Waals surface area contributed by atoms with E-state index >= 15 is 0 Å². The van der Waals surface area contributed by atoms with Gasteiger partial charge in [-0.2, -0.15) is 4.68 Å². The largest absolute Gasteiger partial charge is 0.392 e. The Bertz CT molecular complexity index is 2230. The van der Waals surface area contributed by atoms with Gasteiger partial charge in [-0.15, -0.1) is 5.10 Å². The molecule has 5 aromatic carbocycles. The van der Waals surface area contributed by atoms with Crippen LogP contribution in [0.15, 0.2) is 108 Å². The highest BCUT2D eigenvalue weighted by atomic mass is 32.2. The normalized spacial score (nSPS) is 17.0. The number of carbonyl (C=O) groups excluding carboxylic acids is 1. The number of tetrazole rings is 1. The summed E-state index contributed by atoms with van der Waals surface area (Å²) >= 11 is 1.47. The maximum atomic E-state index is 14.1. The van der Waals surface area contributed by atoms with Crippen LogP contribution >= 0.6 is 11.8 Å². The number of amides is 1. The number of aliphatic hydroxyl groups excluding tert-OH is 1. The van der Waals surface area contributed by atoms with Crippen molar-refractivity contribution < 1.29 is 41.3 Å². The van der Waals surface area contributed by atoms with E-state index in [9.17, 15) is 31.9 Å². The van der Waals surface area contributed by atoms with Crippen molar-refractivity contribution in [3.63, 3.8) is 0 Å². The van der Waals surface area contributed by atoms with Crippen LogP contribution in [0.25, 0.3) is 16.8 Å². The third-order valence-electron chi connectivity index (χ3n) is 8.79. The second-order valence-electron chi connectivity index (χ2n) is 12.3. The highest BCUT2D eigenvalue weighted by molar-refractivity contribution is 7.99. The topological polar surface area (TPSA) is 111 Å². The fraction of sp³-hybridized carbons (Fsp3) is 0.179. The molecule has 6 aromatic rings. The summed E-state index contributed by atoms with van der Waals surface area (Å²) < 4.78 is 83.6. The number of ether oxygens (including phenoxy) is 2. The Balaban J connectivity index is 1.06. The van der Waals surface area contributed by atoms with Gasteiger partial charge in [-0.25, -0.2) is 22.0 Å². The van der Waals surface area contributed by atoms with Crippen LogP contribution in [0.5, 0.6) is 0 Å². The van der Waals surface area contributed by atoms with Gasteiger partial charge in [-0.05, 0) is 56.4 Å². The van der Waals surface area contributed by atoms with Gasteiger partial charge in [0.15, 0.2) is 29.6 Å². The van der Waals surface area contributed by atoms with Gasteiger partial charge < -0.3 is 19.9 Å². The fourth-order valence-corrected chi connectivity index (χ4v) is 6.87. The Morgan fingerprint density at radius 2 is 1.46 bits per heavy atom. The lowest BCUT2D eigenvalue weighted by atomic mass is 9.99. The van der Waals surface area contributed by atoms with E-state index in [2.05, 4.69) is 20.8 Å². The zero-order valence-corrected chi connectivity index (χ0v) is 29.0. The number of nitrogens with one attached hydrogen (secondary N) is 1. The molecule has 0 aliphatic carbocycles. The molecule has 7 rings (SSSR count). The van der Waals surface area contributed by atoms with E-state index in [1.807, 2.05) is 84.9 Å². The Morgan fingerprint density at radius 3 is 2.17 bits per heavy atom. The SMILES string of the molecule is O=C(NCc1cccc(-c2ccc([C@H]3O[C@@H](CSc4nnnn4-c4ccccc4)C[C@@H](c4ccc(CO)cc4)O3)cc2)c1)c1c(F)c(F)c(F)c(F)c1F. The van der Waals surface area contributed by atoms with E-state index in [1.165, 1.54) is 11.8 Å². The first kappa shape index (κ1) is 36.9. The van der Waals surface area contributed by atoms with Gasteiger partial charge in [0.1, 0.15) is 5.56 Å². The maximum Gasteiger partial charge on any atom is 0.257 e. The minimum absolute atomic E-state index is 0.0742. The monoisotopic (exact) mass is 759 g/mol. The third kappa shape index (κ3) is 7.89. The summed E-state index contributed by atoms with van der Waals surface area (Å²) in [5.74, 6) is -12.1. The quantitative estimate of drug-likeness (QED) is 0.0597. The molecule has 0 bridgehead atoms. The van der Waals surface area contributed by atoms with Crippen LogP contribution in [-0.2, 0) is 22.6 Å². The van der Waals surface area contributed by atoms with Gasteiger partial charge in [-0.1, -0.05) is 96.7 Å². The minimum atomic E-state index is -2.34. The highest BCUT2D eigenvalue weighted by Crippen LogP contribution is 2.40. The zero-order chi connectivity index (χ0) is 37.8. The van der Waals surface area contributed by atoms with Crippen molar-refractivity contribution in [2.75, 3.05) is 5.75 Å². The number of halogens is 5. The number of benzene rings is 5. The van der Waals surface area contributed by atoms with Crippen LogP contribution in [0.2, 0.25) is 0 Å². The minimum Gasteiger partial charge on any atom is -0.392 e. The summed E-state index contributed by atoms with van der Waals surface area (Å²) in [6.45, 7) is -0.318. The van der Waals surface area contributed by atoms with E-state index in [0.29, 0.717) is 22.9 Å². The second kappa shape index (κ2) is 16.3. The summed E-state index contributed by atoms with van der Waals surface area (Å²) in [5.41, 5.74) is 3.80. The van der Waals surface area contributed by atoms with Crippen LogP contribution in [0.1, 0.15) is 51.4 Å². The van der Waals surface area contributed by atoms with E-state index < -0.39 is 46.8 Å². The molecular weight excluding hydrogens is 730 g/mol. The Hall–Kier alpha value is -5.48. The van der Waals surface area contributed by atoms with E-state index in [-0.39, 0.29) is 25.4 Å². The number of hydrogen-bond donors (Lipinski definition) is 2. The zero-order valence-electron chi connectivity index (χ0n) is 28.1. The van der Waals surface area contributed by atoms with Gasteiger partial charge >= 0.3 is 0 Å². The molecule has 9 nitrogen and oxygen atoms in total. The number of hydrogen-bond acceptors (Lipinski definition) is 8. The molecule has 0 unspecified atom stereocenters. The molecule has 0 radical (unpaired) electrons. The van der Waals surface area contributed by atoms with Crippen LogP contribution in [0, 0.1) is 29.1 Å². The third-order valence-corrected chi connectivity index (χ3v) is 9.84. The Labute approximate surface area is 309 Å². The van der Waals surface area contributed by atoms with E-state index in [0.717, 1.165) is 33.5 Å². The summed E-state index contributed by atoms with van der Waals surface area (Å²) in [4.78, 5) is 12.5. The van der Waals surface area contributed by atoms with Crippen molar-refractivity contribution in [2.45, 2.75) is 43.2 Å². The summed E-state index contributed by atoms with van der Waals surface area (Å²) in [6, 6.07) is 31.5. The van der Waals surface area contributed by atoms with Gasteiger partial charge in [0, 0.05) is 24.3 Å². The molecule has 1 aliphatic heterocycles. The first-order chi connectivity index (χ1) is 26.2. The van der Waals surface area contributed by atoms with Crippen molar-refractivity contribution in [3.8, 4) is 16.8 Å². The van der Waals surface area contributed by atoms with Crippen molar-refractivity contribution in [3.05, 3.63) is 160 Å². The number of para-hydroxylation sites is 1. The number of nitrogens with zero attached hydrogens (tertiary/aromatic N) is 4. The number of thioether (sulfide) groups is 1. The molecule has 15 heteroatoms. The lowest BCUT2D eigenvalue weighted by Gasteiger charge is -2.36. The predicted octanol–water partition coefficient (Wildman–Crippen LogP) is 7.78. The van der Waals surface area contributed by atoms with Crippen LogP contribution < -0.4 is 5.32 Å². The number of carbonyl (C=O) groups is 1. The number of aromatic nitrogens is 4. The smallest absolute Gasteiger partial charge is 0.257 e. The van der Waals surface area contributed by atoms with Gasteiger partial charge in [-0.3, -0.25) is 4.79 Å². The molecule has 3 atom stereocenters. The Morgan fingerprint density at radius 1 is 0.778 bits per heavy atom. The van der Waals surface area contributed by atoms with Crippen LogP contribution in [0.3, 0.4) is 0 Å². The molecule has 2 N–H and O–H groups in total. The maximum absolute atomic E-state index is 14.1. The molecular formula is C39H30F5N5O4S. The van der Waals surface area contributed by atoms with E-state index in [1.54, 1.807) is 22.9 Å². The van der Waals surface area contributed by atoms with Crippen molar-refractivity contribution in [1.82, 2.24) is 25.5 Å². The van der Waals surface area contributed by atoms with Gasteiger partial charge in [0.2, 0.25) is 11.0 Å². The first-order valence-electron chi connectivity index (χ1n) is 16.7. The lowest BCUT2D eigenvalue weighted by molar-refractivity contribution is -0.245. The van der Waals surface area contributed by atoms with E-state index in [4.69, 9.17) is 9.47 Å². The number of rotatable bonds is 11. The molecule has 0 spiro atoms. The van der Waals surface area contributed by atoms with Crippen LogP contribution in [0.4, 0.5) is 22.0 Å². The molecule has 54 heavy (non-hydrogen) atoms. The molecule has 0 saturated carbocycles. The fourth-order valence-electron chi connectivity index (χ4n) is 5.96. The highest BCUT2D eigenvalue weighted by Gasteiger charge is 2.33. The first-order valence-corrected chi connectivity index (χ1v) is 17.6. The summed E-state index contributed by atoms with van der Waals surface area (Å²) in [7, 11) is 0. The summed E-state index contributed by atoms with van der Waals surface area (Å²) in [6.07, 6.45) is -0.743. The lowest BCUT2D eigenvalue weighted by Crippen LogP contribution is -2.31. The average molecular weight is 760 g/mol. The van der Waals surface area contributed by atoms with Gasteiger partial charge in [0.25, 0.3) is 5.91 Å². The molecule has 1 aliphatic rings. The standard InChI is InChI=1S/C39H30F5N5O4S/c40-32-31(33(41)35(43)36(44)34(32)42)37(51)45-19-23-5-4-6-27(17-23)24-13-15-26(16-14-24)38-52-29(18-30(53-38)25-11-9-22(20-50)10-12-25)21-54-39-46-47-48-49(39)28-7-2-1-3-8-28/h1-17,29-30,38,50H,18-21H2,(H,45,51)/t29-,30+,38+/m1/s1. The second-order valence-corrected chi connectivity index (χ2v) is 13.3. The average Bonchev–Trinajstić information content (AvgIpc) is 3.70. The Kier molecular flexibility index (Phi) is 11.1. The van der Waals surface area contributed by atoms with Gasteiger partial charge in [0.05, 0.1) is 24.5 Å². The van der Waals surface area contributed by atoms with Crippen LogP contribution in [-0.4, -0.2) is 43.1 Å². The summed E-state index contributed by atoms with van der Waals surface area (Å²) in [5, 5.41) is 24.6. The molecule has 276 valence electrons. The van der Waals surface area contributed by atoms with Crippen molar-refractivity contribution in [1.29, 1.82) is 0 Å². The van der Waals surface area contributed by atoms with Crippen molar-refractivity contribution in [2.24, 2.45) is 0 Å². The molecule has 2 heterocycles. The molecule has 1 saturated heterocycles. The molecule has 1 aromatic heterocycles. The predicted molar refractivity (Wildman–Crippen MR) is 188 cm³/mol. The van der Waals surface area contributed by atoms with Crippen molar-refractivity contribution >= 4 is 17.7 Å². The number of aliphatic hydroxyl groups is 1.